The molecule has 1 aliphatic rings. The fraction of sp³-hybridized carbons (Fsp3) is 0.647. The van der Waals surface area contributed by atoms with Crippen molar-refractivity contribution in [2.24, 2.45) is 5.92 Å². The molecule has 1 heterocycles. The zero-order chi connectivity index (χ0) is 13.8. The lowest BCUT2D eigenvalue weighted by molar-refractivity contribution is 0.0867. The van der Waals surface area contributed by atoms with Gasteiger partial charge in [0.15, 0.2) is 0 Å². The third-order valence-electron chi connectivity index (χ3n) is 4.34. The molecule has 1 aliphatic heterocycles. The van der Waals surface area contributed by atoms with Gasteiger partial charge in [0.1, 0.15) is 0 Å². The van der Waals surface area contributed by atoms with Gasteiger partial charge >= 0.3 is 0 Å². The third-order valence-corrected chi connectivity index (χ3v) is 4.34. The highest BCUT2D eigenvalue weighted by Crippen LogP contribution is 2.24. The van der Waals surface area contributed by atoms with Crippen LogP contribution >= 0.6 is 0 Å². The van der Waals surface area contributed by atoms with Gasteiger partial charge in [0.2, 0.25) is 0 Å². The van der Waals surface area contributed by atoms with Crippen LogP contribution in [-0.2, 0) is 4.74 Å². The molecule has 2 rings (SSSR count). The molecule has 0 radical (unpaired) electrons. The summed E-state index contributed by atoms with van der Waals surface area (Å²) in [5.74, 6) is 0.678. The number of hydrogen-bond acceptors (Lipinski definition) is 2. The molecule has 0 aliphatic carbocycles. The molecule has 3 atom stereocenters. The summed E-state index contributed by atoms with van der Waals surface area (Å²) in [5.41, 5.74) is 4.14. The Labute approximate surface area is 117 Å². The van der Waals surface area contributed by atoms with E-state index in [0.29, 0.717) is 18.1 Å². The second-order valence-corrected chi connectivity index (χ2v) is 5.86. The van der Waals surface area contributed by atoms with Crippen molar-refractivity contribution in [3.63, 3.8) is 0 Å². The number of nitrogens with one attached hydrogen (secondary N) is 1. The Bertz CT molecular complexity index is 416. The summed E-state index contributed by atoms with van der Waals surface area (Å²) in [6, 6.07) is 7.12. The minimum atomic E-state index is 0.415. The van der Waals surface area contributed by atoms with E-state index in [4.69, 9.17) is 4.74 Å². The second-order valence-electron chi connectivity index (χ2n) is 5.86. The van der Waals surface area contributed by atoms with Crippen LogP contribution in [0.15, 0.2) is 18.2 Å². The monoisotopic (exact) mass is 261 g/mol. The molecule has 0 aromatic heterocycles. The van der Waals surface area contributed by atoms with Gasteiger partial charge in [-0.15, -0.1) is 0 Å². The van der Waals surface area contributed by atoms with E-state index in [1.165, 1.54) is 23.1 Å². The largest absolute Gasteiger partial charge is 0.378 e. The molecule has 2 nitrogen and oxygen atoms in total. The van der Waals surface area contributed by atoms with E-state index in [1.807, 2.05) is 0 Å². The molecule has 1 saturated heterocycles. The van der Waals surface area contributed by atoms with E-state index in [2.05, 4.69) is 51.2 Å². The van der Waals surface area contributed by atoms with E-state index in [0.717, 1.165) is 19.6 Å². The molecule has 106 valence electrons. The molecule has 3 unspecified atom stereocenters. The van der Waals surface area contributed by atoms with Gasteiger partial charge in [-0.3, -0.25) is 0 Å². The number of hydrogen-bond donors (Lipinski definition) is 1. The van der Waals surface area contributed by atoms with Gasteiger partial charge in [0, 0.05) is 19.2 Å². The van der Waals surface area contributed by atoms with Gasteiger partial charge in [0.25, 0.3) is 0 Å². The first kappa shape index (κ1) is 14.5. The quantitative estimate of drug-likeness (QED) is 0.871. The Hall–Kier alpha value is -0.860. The average molecular weight is 261 g/mol. The van der Waals surface area contributed by atoms with Crippen LogP contribution in [0.25, 0.3) is 0 Å². The fourth-order valence-corrected chi connectivity index (χ4v) is 3.04. The Morgan fingerprint density at radius 2 is 2.16 bits per heavy atom. The summed E-state index contributed by atoms with van der Waals surface area (Å²) in [7, 11) is 0. The maximum absolute atomic E-state index is 5.76. The summed E-state index contributed by atoms with van der Waals surface area (Å²) < 4.78 is 5.76. The Morgan fingerprint density at radius 3 is 2.89 bits per heavy atom. The summed E-state index contributed by atoms with van der Waals surface area (Å²) in [5, 5.41) is 3.69. The topological polar surface area (TPSA) is 21.3 Å². The lowest BCUT2D eigenvalue weighted by Crippen LogP contribution is -2.30. The van der Waals surface area contributed by atoms with Crippen molar-refractivity contribution in [3.8, 4) is 0 Å². The van der Waals surface area contributed by atoms with Crippen LogP contribution < -0.4 is 5.32 Å². The third kappa shape index (κ3) is 3.58. The molecule has 1 fully saturated rings. The molecular weight excluding hydrogens is 234 g/mol. The second kappa shape index (κ2) is 6.53. The van der Waals surface area contributed by atoms with Gasteiger partial charge < -0.3 is 10.1 Å². The van der Waals surface area contributed by atoms with Gasteiger partial charge in [0.05, 0.1) is 6.10 Å². The van der Waals surface area contributed by atoms with Crippen LogP contribution in [0, 0.1) is 19.8 Å². The van der Waals surface area contributed by atoms with Crippen LogP contribution in [0.1, 0.15) is 49.4 Å². The van der Waals surface area contributed by atoms with Crippen LogP contribution in [0.2, 0.25) is 0 Å². The van der Waals surface area contributed by atoms with Crippen molar-refractivity contribution in [1.29, 1.82) is 0 Å². The van der Waals surface area contributed by atoms with Gasteiger partial charge in [-0.25, -0.2) is 0 Å². The first-order valence-electron chi connectivity index (χ1n) is 7.54. The van der Waals surface area contributed by atoms with E-state index >= 15 is 0 Å². The van der Waals surface area contributed by atoms with Crippen LogP contribution in [-0.4, -0.2) is 19.3 Å². The number of benzene rings is 1. The van der Waals surface area contributed by atoms with Crippen molar-refractivity contribution in [1.82, 2.24) is 5.32 Å². The van der Waals surface area contributed by atoms with Crippen molar-refractivity contribution in [2.45, 2.75) is 52.7 Å². The maximum Gasteiger partial charge on any atom is 0.0613 e. The first-order valence-corrected chi connectivity index (χ1v) is 7.54. The normalized spacial score (nSPS) is 24.6. The van der Waals surface area contributed by atoms with E-state index in [9.17, 15) is 0 Å². The Kier molecular flexibility index (Phi) is 5.00. The molecular formula is C17H27NO. The number of ether oxygens (including phenoxy) is 1. The predicted octanol–water partition coefficient (Wildman–Crippen LogP) is 3.77. The van der Waals surface area contributed by atoms with Gasteiger partial charge in [-0.05, 0) is 50.7 Å². The maximum atomic E-state index is 5.76. The molecule has 0 bridgehead atoms. The van der Waals surface area contributed by atoms with Crippen molar-refractivity contribution < 1.29 is 4.74 Å². The minimum absolute atomic E-state index is 0.415. The zero-order valence-corrected chi connectivity index (χ0v) is 12.7. The number of rotatable bonds is 5. The van der Waals surface area contributed by atoms with E-state index < -0.39 is 0 Å². The fourth-order valence-electron chi connectivity index (χ4n) is 3.04. The van der Waals surface area contributed by atoms with Crippen molar-refractivity contribution >= 4 is 0 Å². The molecule has 0 saturated carbocycles. The average Bonchev–Trinajstić information content (AvgIpc) is 2.86. The molecule has 1 aromatic carbocycles. The lowest BCUT2D eigenvalue weighted by atomic mass is 9.97. The van der Waals surface area contributed by atoms with E-state index in [-0.39, 0.29) is 0 Å². The van der Waals surface area contributed by atoms with Crippen LogP contribution in [0.4, 0.5) is 0 Å². The van der Waals surface area contributed by atoms with Gasteiger partial charge in [-0.2, -0.15) is 0 Å². The van der Waals surface area contributed by atoms with Crippen molar-refractivity contribution in [3.05, 3.63) is 34.9 Å². The highest BCUT2D eigenvalue weighted by Gasteiger charge is 2.26. The molecule has 19 heavy (non-hydrogen) atoms. The summed E-state index contributed by atoms with van der Waals surface area (Å²) >= 11 is 0. The lowest BCUT2D eigenvalue weighted by Gasteiger charge is -2.22. The van der Waals surface area contributed by atoms with Crippen molar-refractivity contribution in [2.75, 3.05) is 13.2 Å². The predicted molar refractivity (Wildman–Crippen MR) is 80.5 cm³/mol. The molecule has 0 amide bonds. The van der Waals surface area contributed by atoms with E-state index in [1.54, 1.807) is 0 Å². The zero-order valence-electron chi connectivity index (χ0n) is 12.7. The number of aryl methyl sites for hydroxylation is 2. The van der Waals surface area contributed by atoms with Gasteiger partial charge in [-0.1, -0.05) is 30.7 Å². The highest BCUT2D eigenvalue weighted by atomic mass is 16.5. The summed E-state index contributed by atoms with van der Waals surface area (Å²) in [4.78, 5) is 0. The smallest absolute Gasteiger partial charge is 0.0613 e. The molecule has 0 spiro atoms. The Morgan fingerprint density at radius 1 is 1.37 bits per heavy atom. The van der Waals surface area contributed by atoms with Crippen LogP contribution in [0.5, 0.6) is 0 Å². The SMILES string of the molecule is CCC1OCCC1CNC(C)c1cc(C)ccc1C. The highest BCUT2D eigenvalue weighted by molar-refractivity contribution is 5.32. The first-order chi connectivity index (χ1) is 9.11. The minimum Gasteiger partial charge on any atom is -0.378 e. The molecule has 1 N–H and O–H groups in total. The summed E-state index contributed by atoms with van der Waals surface area (Å²) in [6.45, 7) is 10.8. The van der Waals surface area contributed by atoms with Crippen LogP contribution in [0.3, 0.4) is 0 Å². The molecule has 2 heteroatoms. The molecule has 1 aromatic rings. The standard InChI is InChI=1S/C17H27NO/c1-5-17-15(8-9-19-17)11-18-14(4)16-10-12(2)6-7-13(16)3/h6-7,10,14-15,17-18H,5,8-9,11H2,1-4H3. The summed E-state index contributed by atoms with van der Waals surface area (Å²) in [6.07, 6.45) is 2.79. The Balaban J connectivity index is 1.93.